The average molecular weight is 316 g/mol. The van der Waals surface area contributed by atoms with Crippen LogP contribution in [0.5, 0.6) is 0 Å². The van der Waals surface area contributed by atoms with Gasteiger partial charge in [0.05, 0.1) is 0 Å². The van der Waals surface area contributed by atoms with E-state index in [1.165, 1.54) is 4.90 Å². The number of nitrogens with zero attached hydrogens (tertiary/aromatic N) is 3. The molecule has 1 saturated heterocycles. The van der Waals surface area contributed by atoms with E-state index in [0.29, 0.717) is 4.60 Å². The Morgan fingerprint density at radius 2 is 1.84 bits per heavy atom. The third kappa shape index (κ3) is 2.39. The molecule has 1 heterocycles. The Kier molecular flexibility index (Phi) is 3.71. The zero-order chi connectivity index (χ0) is 14.0. The fourth-order valence-corrected chi connectivity index (χ4v) is 3.99. The van der Waals surface area contributed by atoms with Gasteiger partial charge in [0.2, 0.25) is 0 Å². The van der Waals surface area contributed by atoms with Crippen LogP contribution in [-0.4, -0.2) is 20.9 Å². The molecular weight excluding hydrogens is 305 g/mol. The molecule has 1 amide bonds. The first kappa shape index (κ1) is 13.4. The van der Waals surface area contributed by atoms with Crippen molar-refractivity contribution in [3.05, 3.63) is 40.0 Å². The predicted molar refractivity (Wildman–Crippen MR) is 72.1 cm³/mol. The maximum atomic E-state index is 12.2. The van der Waals surface area contributed by atoms with Gasteiger partial charge in [-0.05, 0) is 0 Å². The van der Waals surface area contributed by atoms with Crippen molar-refractivity contribution >= 4 is 26.6 Å². The number of hydrogen-bond acceptors (Lipinski definition) is 3. The van der Waals surface area contributed by atoms with E-state index in [1.807, 2.05) is 50.3 Å². The summed E-state index contributed by atoms with van der Waals surface area (Å²) in [5.41, 5.74) is 1.86. The Morgan fingerprint density at radius 1 is 1.26 bits per heavy atom. The van der Waals surface area contributed by atoms with Crippen LogP contribution < -0.4 is 4.90 Å². The molecule has 1 unspecified atom stereocenters. The standard InChI is InChI=1S/C14H11N3OSe/c1-9-3-5-12(6-4-9)17-13(18)10(2)19-14(17)11(7-15)8-16/h3-6,10H,1-2H3. The van der Waals surface area contributed by atoms with E-state index in [1.54, 1.807) is 0 Å². The summed E-state index contributed by atoms with van der Waals surface area (Å²) in [5.74, 6) is -0.0400. The van der Waals surface area contributed by atoms with E-state index < -0.39 is 0 Å². The van der Waals surface area contributed by atoms with Gasteiger partial charge in [-0.25, -0.2) is 0 Å². The summed E-state index contributed by atoms with van der Waals surface area (Å²) in [6.45, 7) is 3.80. The number of hydrogen-bond donors (Lipinski definition) is 0. The van der Waals surface area contributed by atoms with Crippen molar-refractivity contribution in [3.63, 3.8) is 0 Å². The summed E-state index contributed by atoms with van der Waals surface area (Å²) in [6.07, 6.45) is 0. The van der Waals surface area contributed by atoms with Crippen molar-refractivity contribution in [3.8, 4) is 12.1 Å². The Morgan fingerprint density at radius 3 is 2.37 bits per heavy atom. The summed E-state index contributed by atoms with van der Waals surface area (Å²) in [7, 11) is 0. The van der Waals surface area contributed by atoms with Crippen LogP contribution in [0.1, 0.15) is 12.5 Å². The number of rotatable bonds is 1. The summed E-state index contributed by atoms with van der Waals surface area (Å²) in [4.78, 5) is 13.6. The van der Waals surface area contributed by atoms with Crippen LogP contribution in [0.2, 0.25) is 4.82 Å². The van der Waals surface area contributed by atoms with Crippen molar-refractivity contribution in [1.29, 1.82) is 10.5 Å². The molecule has 0 bridgehead atoms. The fourth-order valence-electron chi connectivity index (χ4n) is 1.78. The number of benzene rings is 1. The molecule has 1 atom stereocenters. The molecule has 0 saturated carbocycles. The third-order valence-electron chi connectivity index (χ3n) is 2.79. The molecule has 0 N–H and O–H groups in total. The van der Waals surface area contributed by atoms with Crippen LogP contribution in [-0.2, 0) is 4.79 Å². The molecule has 4 nitrogen and oxygen atoms in total. The Bertz CT molecular complexity index is 618. The molecule has 1 fully saturated rings. The first-order chi connectivity index (χ1) is 9.08. The van der Waals surface area contributed by atoms with Crippen LogP contribution in [0.3, 0.4) is 0 Å². The SMILES string of the molecule is Cc1ccc(N2C(=O)C(C)[Se]C2=C(C#N)C#N)cc1. The van der Waals surface area contributed by atoms with E-state index in [-0.39, 0.29) is 31.3 Å². The van der Waals surface area contributed by atoms with Crippen LogP contribution in [0.15, 0.2) is 34.4 Å². The van der Waals surface area contributed by atoms with Gasteiger partial charge in [0.25, 0.3) is 0 Å². The van der Waals surface area contributed by atoms with E-state index >= 15 is 0 Å². The van der Waals surface area contributed by atoms with Gasteiger partial charge >= 0.3 is 118 Å². The summed E-state index contributed by atoms with van der Waals surface area (Å²) in [5, 5.41) is 18.0. The van der Waals surface area contributed by atoms with Gasteiger partial charge < -0.3 is 0 Å². The number of aryl methyl sites for hydroxylation is 1. The first-order valence-electron chi connectivity index (χ1n) is 5.70. The molecule has 0 spiro atoms. The summed E-state index contributed by atoms with van der Waals surface area (Å²) < 4.78 is 0.568. The number of nitriles is 2. The van der Waals surface area contributed by atoms with Gasteiger partial charge in [-0.2, -0.15) is 0 Å². The van der Waals surface area contributed by atoms with Crippen LogP contribution >= 0.6 is 0 Å². The molecule has 0 radical (unpaired) electrons. The van der Waals surface area contributed by atoms with Gasteiger partial charge in [-0.15, -0.1) is 0 Å². The number of anilines is 1. The Labute approximate surface area is 118 Å². The predicted octanol–water partition coefficient (Wildman–Crippen LogP) is 2.11. The molecule has 94 valence electrons. The molecule has 0 aromatic heterocycles. The number of amides is 1. The Hall–Kier alpha value is -2.07. The third-order valence-corrected chi connectivity index (χ3v) is 5.23. The summed E-state index contributed by atoms with van der Waals surface area (Å²) in [6, 6.07) is 11.3. The van der Waals surface area contributed by atoms with Crippen molar-refractivity contribution < 1.29 is 4.79 Å². The van der Waals surface area contributed by atoms with Crippen LogP contribution in [0.4, 0.5) is 5.69 Å². The Balaban J connectivity index is 2.55. The molecule has 1 aromatic rings. The topological polar surface area (TPSA) is 67.9 Å². The van der Waals surface area contributed by atoms with E-state index in [2.05, 4.69) is 0 Å². The molecule has 2 rings (SSSR count). The number of carbonyl (C=O) groups is 1. The van der Waals surface area contributed by atoms with Crippen molar-refractivity contribution in [2.24, 2.45) is 0 Å². The van der Waals surface area contributed by atoms with Gasteiger partial charge in [0.1, 0.15) is 0 Å². The molecule has 0 aliphatic carbocycles. The monoisotopic (exact) mass is 317 g/mol. The second-order valence-corrected chi connectivity index (χ2v) is 6.96. The molecule has 19 heavy (non-hydrogen) atoms. The van der Waals surface area contributed by atoms with Crippen LogP contribution in [0, 0.1) is 29.6 Å². The van der Waals surface area contributed by atoms with Gasteiger partial charge in [0, 0.05) is 0 Å². The first-order valence-corrected chi connectivity index (χ1v) is 7.54. The van der Waals surface area contributed by atoms with Crippen LogP contribution in [0.25, 0.3) is 0 Å². The average Bonchev–Trinajstić information content (AvgIpc) is 2.69. The zero-order valence-corrected chi connectivity index (χ0v) is 12.3. The van der Waals surface area contributed by atoms with Gasteiger partial charge in [0.15, 0.2) is 0 Å². The normalized spacial score (nSPS) is 18.1. The van der Waals surface area contributed by atoms with E-state index in [4.69, 9.17) is 10.5 Å². The van der Waals surface area contributed by atoms with Crippen molar-refractivity contribution in [2.75, 3.05) is 4.90 Å². The second-order valence-electron chi connectivity index (χ2n) is 4.17. The van der Waals surface area contributed by atoms with E-state index in [0.717, 1.165) is 11.3 Å². The zero-order valence-electron chi connectivity index (χ0n) is 10.5. The molecule has 1 aliphatic rings. The fraction of sp³-hybridized carbons (Fsp3) is 0.214. The quantitative estimate of drug-likeness (QED) is 0.589. The van der Waals surface area contributed by atoms with Crippen molar-refractivity contribution in [1.82, 2.24) is 0 Å². The molecule has 1 aliphatic heterocycles. The van der Waals surface area contributed by atoms with Gasteiger partial charge in [-0.3, -0.25) is 0 Å². The summed E-state index contributed by atoms with van der Waals surface area (Å²) >= 11 is -0.178. The minimum absolute atomic E-state index is 0.0400. The van der Waals surface area contributed by atoms with Crippen molar-refractivity contribution in [2.45, 2.75) is 18.7 Å². The number of allylic oxidation sites excluding steroid dienone is 1. The minimum atomic E-state index is -0.178. The molecular formula is C14H11N3OSe. The maximum absolute atomic E-state index is 12.2. The number of carbonyl (C=O) groups excluding carboxylic acids is 1. The van der Waals surface area contributed by atoms with Gasteiger partial charge in [-0.1, -0.05) is 0 Å². The molecule has 1 aromatic carbocycles. The van der Waals surface area contributed by atoms with E-state index in [9.17, 15) is 4.79 Å². The molecule has 5 heteroatoms. The second kappa shape index (κ2) is 5.28.